The van der Waals surface area contributed by atoms with E-state index in [1.54, 1.807) is 0 Å². The molecule has 0 amide bonds. The van der Waals surface area contributed by atoms with Crippen molar-refractivity contribution in [3.05, 3.63) is 61.3 Å². The van der Waals surface area contributed by atoms with Crippen LogP contribution in [0.3, 0.4) is 0 Å². The molecule has 0 heterocycles. The van der Waals surface area contributed by atoms with Crippen LogP contribution in [0.4, 0.5) is 0 Å². The largest absolute Gasteiger partial charge is 3.00 e. The molecule has 0 aliphatic carbocycles. The monoisotopic (exact) mass is 494 g/mol. The molecule has 16 nitrogen and oxygen atoms in total. The maximum absolute atomic E-state index is 8.25. The third-order valence-corrected chi connectivity index (χ3v) is 0. The summed E-state index contributed by atoms with van der Waals surface area (Å²) in [6.07, 6.45) is 0. The van der Waals surface area contributed by atoms with Gasteiger partial charge < -0.3 is 61.3 Å². The molecule has 0 radical (unpaired) electrons. The Balaban J connectivity index is -0.0000000257. The summed E-state index contributed by atoms with van der Waals surface area (Å²) in [5.41, 5.74) is 0. The molecule has 0 fully saturated rings. The molecule has 106 valence electrons. The standard InChI is InChI=1S/Ag.La.4NO3/c;;4*2-1(3)4/q+1;+3;4*-1. The Labute approximate surface area is 139 Å². The first-order valence-electron chi connectivity index (χ1n) is 2.19. The predicted molar refractivity (Wildman–Crippen MR) is 41.4 cm³/mol. The predicted octanol–water partition coefficient (Wildman–Crippen LogP) is -0.959. The third-order valence-electron chi connectivity index (χ3n) is 0. The summed E-state index contributed by atoms with van der Waals surface area (Å²) in [6, 6.07) is 0. The molecule has 0 atom stereocenters. The van der Waals surface area contributed by atoms with Gasteiger partial charge in [0.1, 0.15) is 0 Å². The first kappa shape index (κ1) is 36.0. The molecular weight excluding hydrogens is 495 g/mol. The van der Waals surface area contributed by atoms with Gasteiger partial charge >= 0.3 is 58.0 Å². The van der Waals surface area contributed by atoms with Crippen LogP contribution in [-0.2, 0) is 22.4 Å². The summed E-state index contributed by atoms with van der Waals surface area (Å²) < 4.78 is 0. The van der Waals surface area contributed by atoms with Gasteiger partial charge in [0.2, 0.25) is 0 Å². The zero-order valence-electron chi connectivity index (χ0n) is 7.57. The summed E-state index contributed by atoms with van der Waals surface area (Å²) in [7, 11) is 0. The zero-order valence-corrected chi connectivity index (χ0v) is 12.7. The van der Waals surface area contributed by atoms with E-state index in [9.17, 15) is 0 Å². The van der Waals surface area contributed by atoms with Gasteiger partial charge in [-0.15, -0.1) is 0 Å². The van der Waals surface area contributed by atoms with Gasteiger partial charge in [0.15, 0.2) is 0 Å². The average molecular weight is 495 g/mol. The Morgan fingerprint density at radius 1 is 0.444 bits per heavy atom. The van der Waals surface area contributed by atoms with Gasteiger partial charge in [0.05, 0.1) is 20.3 Å². The van der Waals surface area contributed by atoms with E-state index < -0.39 is 20.3 Å². The molecule has 0 bridgehead atoms. The van der Waals surface area contributed by atoms with E-state index in [4.69, 9.17) is 61.3 Å². The Hall–Kier alpha value is -1.26. The van der Waals surface area contributed by atoms with Gasteiger partial charge in [-0.2, -0.15) is 0 Å². The normalized spacial score (nSPS) is 5.33. The molecule has 0 saturated carbocycles. The fourth-order valence-corrected chi connectivity index (χ4v) is 0. The molecule has 18 heavy (non-hydrogen) atoms. The van der Waals surface area contributed by atoms with Crippen LogP contribution in [0.2, 0.25) is 0 Å². The fraction of sp³-hybridized carbons (Fsp3) is 0. The van der Waals surface area contributed by atoms with E-state index in [-0.39, 0.29) is 58.0 Å². The first-order chi connectivity index (χ1) is 6.93. The van der Waals surface area contributed by atoms with E-state index in [2.05, 4.69) is 0 Å². The summed E-state index contributed by atoms with van der Waals surface area (Å²) >= 11 is 0. The topological polar surface area (TPSA) is 265 Å². The molecule has 0 spiro atoms. The van der Waals surface area contributed by atoms with Crippen LogP contribution in [0.1, 0.15) is 0 Å². The van der Waals surface area contributed by atoms with Gasteiger partial charge in [-0.05, 0) is 0 Å². The molecular formula is AgLaN4O12. The van der Waals surface area contributed by atoms with Gasteiger partial charge in [-0.1, -0.05) is 0 Å². The molecule has 0 aromatic carbocycles. The molecule has 0 saturated heterocycles. The second kappa shape index (κ2) is 29.6. The van der Waals surface area contributed by atoms with Crippen LogP contribution in [0.5, 0.6) is 0 Å². The summed E-state index contributed by atoms with van der Waals surface area (Å²) in [5.74, 6) is 0. The number of nitrogens with zero attached hydrogens (tertiary/aromatic N) is 4. The van der Waals surface area contributed by atoms with Crippen LogP contribution in [0, 0.1) is 96.9 Å². The molecule has 0 aliphatic rings. The first-order valence-corrected chi connectivity index (χ1v) is 2.19. The van der Waals surface area contributed by atoms with Crippen LogP contribution in [0.15, 0.2) is 0 Å². The van der Waals surface area contributed by atoms with Crippen molar-refractivity contribution in [2.24, 2.45) is 0 Å². The van der Waals surface area contributed by atoms with Crippen molar-refractivity contribution in [3.8, 4) is 0 Å². The summed E-state index contributed by atoms with van der Waals surface area (Å²) in [5, 5.41) is 59.0. The summed E-state index contributed by atoms with van der Waals surface area (Å²) in [4.78, 5) is 33.0. The van der Waals surface area contributed by atoms with E-state index in [0.29, 0.717) is 0 Å². The summed E-state index contributed by atoms with van der Waals surface area (Å²) in [6.45, 7) is 0. The molecule has 18 heteroatoms. The van der Waals surface area contributed by atoms with Crippen LogP contribution in [0.25, 0.3) is 0 Å². The van der Waals surface area contributed by atoms with Crippen molar-refractivity contribution < 1.29 is 78.3 Å². The third kappa shape index (κ3) is 1740. The van der Waals surface area contributed by atoms with Gasteiger partial charge in [-0.25, -0.2) is 0 Å². The van der Waals surface area contributed by atoms with Crippen LogP contribution >= 0.6 is 0 Å². The molecule has 0 unspecified atom stereocenters. The second-order valence-electron chi connectivity index (χ2n) is 0.894. The second-order valence-corrected chi connectivity index (χ2v) is 0.894. The Bertz CT molecular complexity index is 164. The molecule has 0 N–H and O–H groups in total. The SMILES string of the molecule is O=[N+]([O-])[O-].O=[N+]([O-])[O-].O=[N+]([O-])[O-].O=[N+]([O-])[O-].[Ag+].[La+3]. The quantitative estimate of drug-likeness (QED) is 0.224. The van der Waals surface area contributed by atoms with Crippen molar-refractivity contribution in [1.29, 1.82) is 0 Å². The van der Waals surface area contributed by atoms with E-state index in [0.717, 1.165) is 0 Å². The maximum atomic E-state index is 8.25. The van der Waals surface area contributed by atoms with Crippen molar-refractivity contribution >= 4 is 0 Å². The number of hydrogen-bond acceptors (Lipinski definition) is 12. The van der Waals surface area contributed by atoms with Crippen molar-refractivity contribution in [3.63, 3.8) is 0 Å². The van der Waals surface area contributed by atoms with Gasteiger partial charge in [-0.3, -0.25) is 0 Å². The van der Waals surface area contributed by atoms with E-state index >= 15 is 0 Å². The minimum absolute atomic E-state index is 0. The van der Waals surface area contributed by atoms with Crippen LogP contribution in [-0.4, -0.2) is 20.3 Å². The Kier molecular flexibility index (Phi) is 59.2. The van der Waals surface area contributed by atoms with E-state index in [1.165, 1.54) is 0 Å². The van der Waals surface area contributed by atoms with Crippen molar-refractivity contribution in [2.75, 3.05) is 0 Å². The Morgan fingerprint density at radius 3 is 0.444 bits per heavy atom. The minimum Gasteiger partial charge on any atom is -0.356 e. The minimum atomic E-state index is -1.75. The number of rotatable bonds is 0. The molecule has 0 rings (SSSR count). The Morgan fingerprint density at radius 2 is 0.444 bits per heavy atom. The van der Waals surface area contributed by atoms with Crippen molar-refractivity contribution in [1.82, 2.24) is 0 Å². The fourth-order valence-electron chi connectivity index (χ4n) is 0. The van der Waals surface area contributed by atoms with Gasteiger partial charge in [0, 0.05) is 0 Å². The van der Waals surface area contributed by atoms with Crippen LogP contribution < -0.4 is 0 Å². The van der Waals surface area contributed by atoms with E-state index in [1.807, 2.05) is 0 Å². The van der Waals surface area contributed by atoms with Gasteiger partial charge in [0.25, 0.3) is 0 Å². The smallest absolute Gasteiger partial charge is 0.356 e. The number of hydrogen-bond donors (Lipinski definition) is 0. The molecule has 0 aromatic heterocycles. The molecule has 0 aliphatic heterocycles. The average Bonchev–Trinajstić information content (AvgIpc) is 1.76. The van der Waals surface area contributed by atoms with Crippen molar-refractivity contribution in [2.45, 2.75) is 0 Å². The maximum Gasteiger partial charge on any atom is 3.00 e. The zero-order chi connectivity index (χ0) is 14.3. The molecule has 0 aromatic rings.